The molecule has 2 atom stereocenters. The molecule has 0 bridgehead atoms. The molecule has 6 nitrogen and oxygen atoms in total. The number of rotatable bonds is 3. The van der Waals surface area contributed by atoms with Crippen LogP contribution in [0.5, 0.6) is 0 Å². The van der Waals surface area contributed by atoms with Crippen LogP contribution in [0.2, 0.25) is 0 Å². The van der Waals surface area contributed by atoms with Gasteiger partial charge in [0.1, 0.15) is 0 Å². The fourth-order valence-corrected chi connectivity index (χ4v) is 2.09. The maximum absolute atomic E-state index is 11.9. The number of carbonyl (C=O) groups is 1. The molecule has 0 radical (unpaired) electrons. The average Bonchev–Trinajstić information content (AvgIpc) is 2.75. The highest BCUT2D eigenvalue weighted by Crippen LogP contribution is 2.23. The first kappa shape index (κ1) is 13.2. The summed E-state index contributed by atoms with van der Waals surface area (Å²) in [5.41, 5.74) is 6.81. The molecule has 1 aromatic rings. The molecule has 0 aliphatic heterocycles. The van der Waals surface area contributed by atoms with Gasteiger partial charge >= 0.3 is 0 Å². The van der Waals surface area contributed by atoms with Crippen molar-refractivity contribution in [3.63, 3.8) is 0 Å². The molecule has 1 amide bonds. The Morgan fingerprint density at radius 2 is 2.21 bits per heavy atom. The third-order valence-electron chi connectivity index (χ3n) is 3.11. The zero-order chi connectivity index (χ0) is 14.0. The number of nitro benzene ring substituents is 1. The van der Waals surface area contributed by atoms with E-state index in [9.17, 15) is 14.9 Å². The highest BCUT2D eigenvalue weighted by atomic mass is 16.6. The van der Waals surface area contributed by atoms with Crippen molar-refractivity contribution in [2.24, 2.45) is 11.7 Å². The van der Waals surface area contributed by atoms with Crippen molar-refractivity contribution >= 4 is 17.3 Å². The lowest BCUT2D eigenvalue weighted by Crippen LogP contribution is -2.24. The third-order valence-corrected chi connectivity index (χ3v) is 3.11. The van der Waals surface area contributed by atoms with E-state index >= 15 is 0 Å². The number of amides is 1. The van der Waals surface area contributed by atoms with Crippen molar-refractivity contribution in [1.29, 1.82) is 0 Å². The number of benzene rings is 1. The summed E-state index contributed by atoms with van der Waals surface area (Å²) in [5.74, 6) is -0.372. The van der Waals surface area contributed by atoms with Gasteiger partial charge in [0.2, 0.25) is 5.91 Å². The molecule has 0 heterocycles. The molecule has 1 aliphatic carbocycles. The van der Waals surface area contributed by atoms with Gasteiger partial charge in [-0.15, -0.1) is 0 Å². The average molecular weight is 261 g/mol. The quantitative estimate of drug-likeness (QED) is 0.492. The first-order chi connectivity index (χ1) is 8.97. The van der Waals surface area contributed by atoms with Gasteiger partial charge < -0.3 is 11.1 Å². The van der Waals surface area contributed by atoms with Gasteiger partial charge in [0, 0.05) is 23.4 Å². The Labute approximate surface area is 110 Å². The van der Waals surface area contributed by atoms with Crippen molar-refractivity contribution in [3.05, 3.63) is 46.0 Å². The Hall–Kier alpha value is -2.21. The topological polar surface area (TPSA) is 98.3 Å². The fourth-order valence-electron chi connectivity index (χ4n) is 2.09. The molecular weight excluding hydrogens is 246 g/mol. The number of nitrogens with one attached hydrogen (secondary N) is 1. The Bertz CT molecular complexity index is 554. The SMILES string of the molecule is Cc1cc(NC(=O)C2C=CC(N)C2)ccc1[N+](=O)[O-]. The van der Waals surface area contributed by atoms with E-state index < -0.39 is 4.92 Å². The molecule has 1 aliphatic rings. The largest absolute Gasteiger partial charge is 0.326 e. The minimum Gasteiger partial charge on any atom is -0.326 e. The van der Waals surface area contributed by atoms with Crippen LogP contribution in [-0.4, -0.2) is 16.9 Å². The van der Waals surface area contributed by atoms with Gasteiger partial charge in [0.15, 0.2) is 0 Å². The molecule has 2 rings (SSSR count). The molecule has 3 N–H and O–H groups in total. The molecule has 19 heavy (non-hydrogen) atoms. The lowest BCUT2D eigenvalue weighted by molar-refractivity contribution is -0.385. The van der Waals surface area contributed by atoms with Gasteiger partial charge in [-0.3, -0.25) is 14.9 Å². The van der Waals surface area contributed by atoms with Crippen LogP contribution >= 0.6 is 0 Å². The normalized spacial score (nSPS) is 21.4. The molecule has 100 valence electrons. The van der Waals surface area contributed by atoms with Crippen LogP contribution < -0.4 is 11.1 Å². The molecule has 6 heteroatoms. The lowest BCUT2D eigenvalue weighted by Gasteiger charge is -2.11. The Kier molecular flexibility index (Phi) is 3.62. The van der Waals surface area contributed by atoms with E-state index in [4.69, 9.17) is 5.73 Å². The number of anilines is 1. The molecule has 0 fully saturated rings. The predicted molar refractivity (Wildman–Crippen MR) is 71.7 cm³/mol. The van der Waals surface area contributed by atoms with Crippen LogP contribution in [0.1, 0.15) is 12.0 Å². The first-order valence-corrected chi connectivity index (χ1v) is 5.97. The zero-order valence-electron chi connectivity index (χ0n) is 10.5. The molecule has 0 aromatic heterocycles. The van der Waals surface area contributed by atoms with E-state index in [1.165, 1.54) is 12.1 Å². The summed E-state index contributed by atoms with van der Waals surface area (Å²) < 4.78 is 0. The molecule has 0 saturated heterocycles. The van der Waals surface area contributed by atoms with Gasteiger partial charge in [0.25, 0.3) is 5.69 Å². The smallest absolute Gasteiger partial charge is 0.272 e. The number of hydrogen-bond acceptors (Lipinski definition) is 4. The molecule has 0 spiro atoms. The van der Waals surface area contributed by atoms with Crippen LogP contribution in [0.3, 0.4) is 0 Å². The summed E-state index contributed by atoms with van der Waals surface area (Å²) >= 11 is 0. The van der Waals surface area contributed by atoms with Crippen LogP contribution in [-0.2, 0) is 4.79 Å². The van der Waals surface area contributed by atoms with E-state index in [1.54, 1.807) is 19.1 Å². The van der Waals surface area contributed by atoms with E-state index in [1.807, 2.05) is 6.08 Å². The second kappa shape index (κ2) is 5.19. The summed E-state index contributed by atoms with van der Waals surface area (Å²) in [5, 5.41) is 13.4. The van der Waals surface area contributed by atoms with Gasteiger partial charge in [-0.25, -0.2) is 0 Å². The number of nitro groups is 1. The third kappa shape index (κ3) is 2.97. The second-order valence-electron chi connectivity index (χ2n) is 4.64. The summed E-state index contributed by atoms with van der Waals surface area (Å²) in [6, 6.07) is 4.44. The van der Waals surface area contributed by atoms with E-state index in [0.717, 1.165) is 0 Å². The Balaban J connectivity index is 2.08. The standard InChI is InChI=1S/C13H15N3O3/c1-8-6-11(4-5-12(8)16(18)19)15-13(17)9-2-3-10(14)7-9/h2-6,9-10H,7,14H2,1H3,(H,15,17). The van der Waals surface area contributed by atoms with Crippen molar-refractivity contribution < 1.29 is 9.72 Å². The summed E-state index contributed by atoms with van der Waals surface area (Å²) in [7, 11) is 0. The number of carbonyl (C=O) groups excluding carboxylic acids is 1. The fraction of sp³-hybridized carbons (Fsp3) is 0.308. The second-order valence-corrected chi connectivity index (χ2v) is 4.64. The van der Waals surface area contributed by atoms with E-state index in [0.29, 0.717) is 17.7 Å². The monoisotopic (exact) mass is 261 g/mol. The minimum absolute atomic E-state index is 0.0424. The summed E-state index contributed by atoms with van der Waals surface area (Å²) in [6.07, 6.45) is 4.20. The van der Waals surface area contributed by atoms with E-state index in [2.05, 4.69) is 5.32 Å². The Morgan fingerprint density at radius 1 is 1.47 bits per heavy atom. The first-order valence-electron chi connectivity index (χ1n) is 5.97. The maximum atomic E-state index is 11.9. The molecule has 2 unspecified atom stereocenters. The summed E-state index contributed by atoms with van der Waals surface area (Å²) in [4.78, 5) is 22.2. The Morgan fingerprint density at radius 3 is 2.74 bits per heavy atom. The number of nitrogens with zero attached hydrogens (tertiary/aromatic N) is 1. The molecular formula is C13H15N3O3. The highest BCUT2D eigenvalue weighted by Gasteiger charge is 2.23. The number of aryl methyl sites for hydroxylation is 1. The van der Waals surface area contributed by atoms with Crippen LogP contribution in [0.4, 0.5) is 11.4 Å². The van der Waals surface area contributed by atoms with Gasteiger partial charge in [-0.2, -0.15) is 0 Å². The highest BCUT2D eigenvalue weighted by molar-refractivity contribution is 5.94. The van der Waals surface area contributed by atoms with E-state index in [-0.39, 0.29) is 23.6 Å². The minimum atomic E-state index is -0.445. The van der Waals surface area contributed by atoms with Crippen LogP contribution in [0.25, 0.3) is 0 Å². The van der Waals surface area contributed by atoms with Crippen LogP contribution in [0, 0.1) is 23.0 Å². The van der Waals surface area contributed by atoms with Crippen molar-refractivity contribution in [1.82, 2.24) is 0 Å². The molecule has 1 aromatic carbocycles. The lowest BCUT2D eigenvalue weighted by atomic mass is 10.1. The van der Waals surface area contributed by atoms with Crippen molar-refractivity contribution in [3.8, 4) is 0 Å². The predicted octanol–water partition coefficient (Wildman–Crippen LogP) is 1.75. The van der Waals surface area contributed by atoms with Crippen LogP contribution in [0.15, 0.2) is 30.4 Å². The van der Waals surface area contributed by atoms with Crippen molar-refractivity contribution in [2.75, 3.05) is 5.32 Å². The maximum Gasteiger partial charge on any atom is 0.272 e. The van der Waals surface area contributed by atoms with Gasteiger partial charge in [-0.1, -0.05) is 12.2 Å². The number of nitrogens with two attached hydrogens (primary N) is 1. The summed E-state index contributed by atoms with van der Waals surface area (Å²) in [6.45, 7) is 1.64. The van der Waals surface area contributed by atoms with Gasteiger partial charge in [-0.05, 0) is 25.5 Å². The zero-order valence-corrected chi connectivity index (χ0v) is 10.5. The van der Waals surface area contributed by atoms with Gasteiger partial charge in [0.05, 0.1) is 10.8 Å². The number of hydrogen-bond donors (Lipinski definition) is 2. The molecule has 0 saturated carbocycles. The van der Waals surface area contributed by atoms with Crippen molar-refractivity contribution in [2.45, 2.75) is 19.4 Å².